The average Bonchev–Trinajstić information content (AvgIpc) is 2.74. The smallest absolute Gasteiger partial charge is 0.274 e. The van der Waals surface area contributed by atoms with Crippen LogP contribution >= 0.6 is 0 Å². The van der Waals surface area contributed by atoms with Crippen LogP contribution in [0.1, 0.15) is 23.3 Å². The number of nitrogens with zero attached hydrogens (tertiary/aromatic N) is 3. The number of aromatic nitrogens is 2. The van der Waals surface area contributed by atoms with Crippen LogP contribution in [0, 0.1) is 0 Å². The molecule has 1 fully saturated rings. The molecule has 1 aromatic heterocycles. The average molecular weight is 396 g/mol. The van der Waals surface area contributed by atoms with E-state index < -0.39 is 10.0 Å². The van der Waals surface area contributed by atoms with Gasteiger partial charge in [-0.15, -0.1) is 0 Å². The van der Waals surface area contributed by atoms with Gasteiger partial charge in [0.25, 0.3) is 5.91 Å². The van der Waals surface area contributed by atoms with E-state index in [0.29, 0.717) is 37.1 Å². The van der Waals surface area contributed by atoms with Gasteiger partial charge >= 0.3 is 0 Å². The second-order valence-electron chi connectivity index (χ2n) is 6.74. The summed E-state index contributed by atoms with van der Waals surface area (Å²) >= 11 is 0. The van der Waals surface area contributed by atoms with Crippen molar-refractivity contribution in [1.29, 1.82) is 0 Å². The lowest BCUT2D eigenvalue weighted by Crippen LogP contribution is -2.46. The van der Waals surface area contributed by atoms with Crippen LogP contribution in [-0.4, -0.2) is 48.3 Å². The first-order valence-electron chi connectivity index (χ1n) is 9.11. The van der Waals surface area contributed by atoms with Crippen molar-refractivity contribution < 1.29 is 13.2 Å². The Morgan fingerprint density at radius 1 is 0.964 bits per heavy atom. The van der Waals surface area contributed by atoms with Gasteiger partial charge in [0.1, 0.15) is 5.69 Å². The Balaban J connectivity index is 1.40. The number of hydrogen-bond donors (Lipinski definition) is 1. The van der Waals surface area contributed by atoms with Crippen molar-refractivity contribution in [1.82, 2.24) is 19.6 Å². The summed E-state index contributed by atoms with van der Waals surface area (Å²) in [6.07, 6.45) is 2.60. The number of carbonyl (C=O) groups excluding carboxylic acids is 1. The molecular weight excluding hydrogens is 376 g/mol. The topological polar surface area (TPSA) is 92.3 Å². The van der Waals surface area contributed by atoms with Gasteiger partial charge in [-0.3, -0.25) is 9.78 Å². The Labute approximate surface area is 163 Å². The molecule has 0 saturated carbocycles. The zero-order valence-electron chi connectivity index (χ0n) is 15.2. The first-order chi connectivity index (χ1) is 13.5. The molecule has 1 saturated heterocycles. The number of hydrogen-bond acceptors (Lipinski definition) is 5. The molecule has 0 bridgehead atoms. The lowest BCUT2D eigenvalue weighted by atomic mass is 10.1. The van der Waals surface area contributed by atoms with Gasteiger partial charge in [-0.2, -0.15) is 0 Å². The van der Waals surface area contributed by atoms with Crippen LogP contribution in [0.25, 0.3) is 11.0 Å². The van der Waals surface area contributed by atoms with Crippen molar-refractivity contribution in [2.45, 2.75) is 23.8 Å². The first kappa shape index (κ1) is 18.5. The van der Waals surface area contributed by atoms with Crippen molar-refractivity contribution in [3.8, 4) is 0 Å². The van der Waals surface area contributed by atoms with E-state index in [2.05, 4.69) is 14.7 Å². The monoisotopic (exact) mass is 396 g/mol. The summed E-state index contributed by atoms with van der Waals surface area (Å²) < 4.78 is 27.6. The number of amides is 1. The quantitative estimate of drug-likeness (QED) is 0.730. The summed E-state index contributed by atoms with van der Waals surface area (Å²) in [4.78, 5) is 23.4. The van der Waals surface area contributed by atoms with Crippen molar-refractivity contribution in [3.05, 3.63) is 66.5 Å². The van der Waals surface area contributed by atoms with Gasteiger partial charge < -0.3 is 4.90 Å². The molecule has 1 aliphatic rings. The van der Waals surface area contributed by atoms with Gasteiger partial charge in [0, 0.05) is 19.1 Å². The number of piperidine rings is 1. The van der Waals surface area contributed by atoms with Crippen molar-refractivity contribution in [2.75, 3.05) is 13.1 Å². The number of likely N-dealkylation sites (tertiary alicyclic amines) is 1. The summed E-state index contributed by atoms with van der Waals surface area (Å²) in [6, 6.07) is 15.5. The molecule has 0 spiro atoms. The number of benzene rings is 2. The lowest BCUT2D eigenvalue weighted by molar-refractivity contribution is 0.0705. The molecule has 2 heterocycles. The molecule has 28 heavy (non-hydrogen) atoms. The minimum Gasteiger partial charge on any atom is -0.337 e. The van der Waals surface area contributed by atoms with Crippen molar-refractivity contribution in [2.24, 2.45) is 0 Å². The van der Waals surface area contributed by atoms with Crippen LogP contribution in [0.15, 0.2) is 65.7 Å². The largest absolute Gasteiger partial charge is 0.337 e. The maximum Gasteiger partial charge on any atom is 0.274 e. The highest BCUT2D eigenvalue weighted by atomic mass is 32.2. The van der Waals surface area contributed by atoms with E-state index in [0.717, 1.165) is 5.52 Å². The zero-order valence-corrected chi connectivity index (χ0v) is 16.0. The van der Waals surface area contributed by atoms with Gasteiger partial charge in [-0.1, -0.05) is 30.3 Å². The van der Waals surface area contributed by atoms with Gasteiger partial charge in [0.2, 0.25) is 10.0 Å². The molecule has 7 nitrogen and oxygen atoms in total. The molecule has 1 N–H and O–H groups in total. The van der Waals surface area contributed by atoms with Gasteiger partial charge in [-0.05, 0) is 37.1 Å². The summed E-state index contributed by atoms with van der Waals surface area (Å²) in [5.41, 5.74) is 1.73. The highest BCUT2D eigenvalue weighted by Gasteiger charge is 2.27. The molecule has 8 heteroatoms. The Hall–Kier alpha value is -2.84. The maximum absolute atomic E-state index is 12.7. The Kier molecular flexibility index (Phi) is 5.06. The standard InChI is InChI=1S/C20H20N4O3S/c25-20(19-14-21-17-8-4-5-9-18(17)22-19)24-12-10-15(11-13-24)23-28(26,27)16-6-2-1-3-7-16/h1-9,14-15,23H,10-13H2. The fourth-order valence-electron chi connectivity index (χ4n) is 3.31. The Morgan fingerprint density at radius 3 is 2.32 bits per heavy atom. The molecule has 4 rings (SSSR count). The molecule has 1 aliphatic heterocycles. The molecule has 144 valence electrons. The van der Waals surface area contributed by atoms with E-state index in [1.807, 2.05) is 24.3 Å². The molecule has 0 aliphatic carbocycles. The SMILES string of the molecule is O=C(c1cnc2ccccc2n1)N1CCC(NS(=O)(=O)c2ccccc2)CC1. The predicted molar refractivity (Wildman–Crippen MR) is 105 cm³/mol. The van der Waals surface area contributed by atoms with E-state index >= 15 is 0 Å². The third kappa shape index (κ3) is 3.88. The maximum atomic E-state index is 12.7. The van der Waals surface area contributed by atoms with Gasteiger partial charge in [-0.25, -0.2) is 18.1 Å². The first-order valence-corrected chi connectivity index (χ1v) is 10.6. The number of carbonyl (C=O) groups is 1. The van der Waals surface area contributed by atoms with Crippen LogP contribution in [0.5, 0.6) is 0 Å². The van der Waals surface area contributed by atoms with Gasteiger partial charge in [0.15, 0.2) is 0 Å². The second kappa shape index (κ2) is 7.65. The zero-order chi connectivity index (χ0) is 19.6. The second-order valence-corrected chi connectivity index (χ2v) is 8.46. The normalized spacial score (nSPS) is 15.6. The van der Waals surface area contributed by atoms with E-state index in [4.69, 9.17) is 0 Å². The van der Waals surface area contributed by atoms with Crippen LogP contribution in [0.2, 0.25) is 0 Å². The highest BCUT2D eigenvalue weighted by molar-refractivity contribution is 7.89. The number of para-hydroxylation sites is 2. The summed E-state index contributed by atoms with van der Waals surface area (Å²) in [7, 11) is -3.55. The van der Waals surface area contributed by atoms with Crippen LogP contribution in [-0.2, 0) is 10.0 Å². The fourth-order valence-corrected chi connectivity index (χ4v) is 4.64. The molecule has 2 aromatic carbocycles. The van der Waals surface area contributed by atoms with Crippen LogP contribution in [0.4, 0.5) is 0 Å². The minimum atomic E-state index is -3.55. The molecule has 3 aromatic rings. The number of fused-ring (bicyclic) bond motifs is 1. The van der Waals surface area contributed by atoms with Crippen LogP contribution in [0.3, 0.4) is 0 Å². The molecule has 0 unspecified atom stereocenters. The third-order valence-electron chi connectivity index (χ3n) is 4.83. The minimum absolute atomic E-state index is 0.178. The third-order valence-corrected chi connectivity index (χ3v) is 6.36. The highest BCUT2D eigenvalue weighted by Crippen LogP contribution is 2.17. The lowest BCUT2D eigenvalue weighted by Gasteiger charge is -2.32. The van der Waals surface area contributed by atoms with Crippen molar-refractivity contribution in [3.63, 3.8) is 0 Å². The van der Waals surface area contributed by atoms with Crippen molar-refractivity contribution >= 4 is 27.0 Å². The number of rotatable bonds is 4. The molecule has 0 radical (unpaired) electrons. The van der Waals surface area contributed by atoms with Gasteiger partial charge in [0.05, 0.1) is 22.1 Å². The molecular formula is C20H20N4O3S. The molecule has 0 atom stereocenters. The number of sulfonamides is 1. The molecule has 1 amide bonds. The van der Waals surface area contributed by atoms with E-state index in [1.165, 1.54) is 6.20 Å². The summed E-state index contributed by atoms with van der Waals surface area (Å²) in [5.74, 6) is -0.178. The summed E-state index contributed by atoms with van der Waals surface area (Å²) in [6.45, 7) is 0.935. The fraction of sp³-hybridized carbons (Fsp3) is 0.250. The Bertz CT molecular complexity index is 1090. The Morgan fingerprint density at radius 2 is 1.61 bits per heavy atom. The summed E-state index contributed by atoms with van der Waals surface area (Å²) in [5, 5.41) is 0. The number of nitrogens with one attached hydrogen (secondary N) is 1. The van der Waals surface area contributed by atoms with Crippen LogP contribution < -0.4 is 4.72 Å². The van der Waals surface area contributed by atoms with E-state index in [1.54, 1.807) is 35.2 Å². The van der Waals surface area contributed by atoms with E-state index in [9.17, 15) is 13.2 Å². The predicted octanol–water partition coefficient (Wildman–Crippen LogP) is 2.21. The van der Waals surface area contributed by atoms with E-state index in [-0.39, 0.29) is 16.8 Å².